The zero-order valence-electron chi connectivity index (χ0n) is 12.2. The van der Waals surface area contributed by atoms with Gasteiger partial charge in [0.2, 0.25) is 0 Å². The summed E-state index contributed by atoms with van der Waals surface area (Å²) < 4.78 is 37.1. The van der Waals surface area contributed by atoms with E-state index in [4.69, 9.17) is 0 Å². The lowest BCUT2D eigenvalue weighted by Crippen LogP contribution is -2.15. The molecule has 1 amide bonds. The van der Waals surface area contributed by atoms with Gasteiger partial charge in [0.05, 0.1) is 10.1 Å². The highest BCUT2D eigenvalue weighted by Crippen LogP contribution is 2.17. The van der Waals surface area contributed by atoms with Crippen LogP contribution < -0.4 is 5.32 Å². The largest absolute Gasteiger partial charge is 0.322 e. The fraction of sp³-hybridized carbons (Fsp3) is 0.188. The first-order valence-electron chi connectivity index (χ1n) is 6.71. The summed E-state index contributed by atoms with van der Waals surface area (Å²) in [4.78, 5) is 12.2. The van der Waals surface area contributed by atoms with E-state index in [0.717, 1.165) is 0 Å². The van der Waals surface area contributed by atoms with Crippen LogP contribution in [0, 0.1) is 5.82 Å². The SMILES string of the molecule is CC(C)S(=O)(=O)c1ccc(C(=O)Nc2cccc(F)c2)cc1. The normalized spacial score (nSPS) is 11.5. The number of anilines is 1. The van der Waals surface area contributed by atoms with E-state index in [9.17, 15) is 17.6 Å². The Balaban J connectivity index is 2.19. The standard InChI is InChI=1S/C16H16FNO3S/c1-11(2)22(20,21)15-8-6-12(7-9-15)16(19)18-14-5-3-4-13(17)10-14/h3-11H,1-2H3,(H,18,19). The van der Waals surface area contributed by atoms with Gasteiger partial charge in [0.1, 0.15) is 5.82 Å². The van der Waals surface area contributed by atoms with Crippen molar-refractivity contribution >= 4 is 21.4 Å². The molecule has 0 aliphatic rings. The van der Waals surface area contributed by atoms with Crippen molar-refractivity contribution < 1.29 is 17.6 Å². The molecule has 0 aliphatic heterocycles. The Labute approximate surface area is 128 Å². The average Bonchev–Trinajstić information content (AvgIpc) is 2.47. The molecule has 0 saturated heterocycles. The molecule has 116 valence electrons. The zero-order chi connectivity index (χ0) is 16.3. The maximum Gasteiger partial charge on any atom is 0.255 e. The minimum Gasteiger partial charge on any atom is -0.322 e. The highest BCUT2D eigenvalue weighted by Gasteiger charge is 2.19. The van der Waals surface area contributed by atoms with Crippen molar-refractivity contribution in [1.29, 1.82) is 0 Å². The van der Waals surface area contributed by atoms with Crippen LogP contribution in [0.2, 0.25) is 0 Å². The molecule has 0 bridgehead atoms. The summed E-state index contributed by atoms with van der Waals surface area (Å²) in [6.07, 6.45) is 0. The second kappa shape index (κ2) is 6.27. The lowest BCUT2D eigenvalue weighted by molar-refractivity contribution is 0.102. The Morgan fingerprint density at radius 1 is 1.09 bits per heavy atom. The number of amides is 1. The summed E-state index contributed by atoms with van der Waals surface area (Å²) in [5, 5.41) is 2.02. The molecule has 22 heavy (non-hydrogen) atoms. The molecular weight excluding hydrogens is 305 g/mol. The number of sulfone groups is 1. The number of carbonyl (C=O) groups excluding carboxylic acids is 1. The lowest BCUT2D eigenvalue weighted by Gasteiger charge is -2.09. The van der Waals surface area contributed by atoms with Crippen molar-refractivity contribution in [3.63, 3.8) is 0 Å². The van der Waals surface area contributed by atoms with Crippen LogP contribution in [0.15, 0.2) is 53.4 Å². The van der Waals surface area contributed by atoms with E-state index in [0.29, 0.717) is 11.3 Å². The van der Waals surface area contributed by atoms with Crippen LogP contribution in [-0.4, -0.2) is 19.6 Å². The van der Waals surface area contributed by atoms with Crippen molar-refractivity contribution in [1.82, 2.24) is 0 Å². The number of benzene rings is 2. The second-order valence-electron chi connectivity index (χ2n) is 5.08. The van der Waals surface area contributed by atoms with Gasteiger partial charge in [0.15, 0.2) is 9.84 Å². The summed E-state index contributed by atoms with van der Waals surface area (Å²) >= 11 is 0. The van der Waals surface area contributed by atoms with Gasteiger partial charge in [0, 0.05) is 11.3 Å². The molecule has 0 unspecified atom stereocenters. The van der Waals surface area contributed by atoms with Gasteiger partial charge in [-0.1, -0.05) is 6.07 Å². The minimum atomic E-state index is -3.37. The average molecular weight is 321 g/mol. The molecule has 0 fully saturated rings. The van der Waals surface area contributed by atoms with Crippen molar-refractivity contribution in [3.8, 4) is 0 Å². The first-order chi connectivity index (χ1) is 10.3. The van der Waals surface area contributed by atoms with Crippen LogP contribution in [0.1, 0.15) is 24.2 Å². The first-order valence-corrected chi connectivity index (χ1v) is 8.26. The van der Waals surface area contributed by atoms with Crippen molar-refractivity contribution in [3.05, 3.63) is 59.9 Å². The van der Waals surface area contributed by atoms with Crippen LogP contribution in [0.25, 0.3) is 0 Å². The van der Waals surface area contributed by atoms with Crippen LogP contribution in [0.4, 0.5) is 10.1 Å². The molecule has 2 rings (SSSR count). The molecule has 6 heteroatoms. The molecule has 0 atom stereocenters. The van der Waals surface area contributed by atoms with Gasteiger partial charge in [-0.25, -0.2) is 12.8 Å². The van der Waals surface area contributed by atoms with E-state index in [1.807, 2.05) is 0 Å². The van der Waals surface area contributed by atoms with E-state index in [1.165, 1.54) is 42.5 Å². The Hall–Kier alpha value is -2.21. The monoisotopic (exact) mass is 321 g/mol. The number of nitrogens with one attached hydrogen (secondary N) is 1. The van der Waals surface area contributed by atoms with Crippen molar-refractivity contribution in [2.75, 3.05) is 5.32 Å². The van der Waals surface area contributed by atoms with E-state index >= 15 is 0 Å². The summed E-state index contributed by atoms with van der Waals surface area (Å²) in [6, 6.07) is 11.2. The predicted octanol–water partition coefficient (Wildman–Crippen LogP) is 3.26. The lowest BCUT2D eigenvalue weighted by atomic mass is 10.2. The summed E-state index contributed by atoms with van der Waals surface area (Å²) in [5.74, 6) is -0.879. The van der Waals surface area contributed by atoms with Crippen LogP contribution in [0.5, 0.6) is 0 Å². The van der Waals surface area contributed by atoms with E-state index < -0.39 is 26.8 Å². The third kappa shape index (κ3) is 3.51. The smallest absolute Gasteiger partial charge is 0.255 e. The Bertz CT molecular complexity index is 783. The third-order valence-electron chi connectivity index (χ3n) is 3.15. The molecule has 0 saturated carbocycles. The molecular formula is C16H16FNO3S. The molecule has 2 aromatic carbocycles. The van der Waals surface area contributed by atoms with Crippen LogP contribution in [-0.2, 0) is 9.84 Å². The van der Waals surface area contributed by atoms with Gasteiger partial charge < -0.3 is 5.32 Å². The van der Waals surface area contributed by atoms with Crippen LogP contribution >= 0.6 is 0 Å². The minimum absolute atomic E-state index is 0.171. The van der Waals surface area contributed by atoms with Gasteiger partial charge in [-0.2, -0.15) is 0 Å². The number of hydrogen-bond acceptors (Lipinski definition) is 3. The summed E-state index contributed by atoms with van der Waals surface area (Å²) in [5.41, 5.74) is 0.635. The highest BCUT2D eigenvalue weighted by atomic mass is 32.2. The molecule has 0 aromatic heterocycles. The van der Waals surface area contributed by atoms with E-state index in [2.05, 4.69) is 5.32 Å². The Kier molecular flexibility index (Phi) is 4.61. The molecule has 1 N–H and O–H groups in total. The van der Waals surface area contributed by atoms with Gasteiger partial charge in [-0.15, -0.1) is 0 Å². The maximum atomic E-state index is 13.1. The first kappa shape index (κ1) is 16.2. The van der Waals surface area contributed by atoms with Crippen molar-refractivity contribution in [2.24, 2.45) is 0 Å². The Morgan fingerprint density at radius 2 is 1.73 bits per heavy atom. The second-order valence-corrected chi connectivity index (χ2v) is 7.59. The van der Waals surface area contributed by atoms with E-state index in [1.54, 1.807) is 19.9 Å². The zero-order valence-corrected chi connectivity index (χ0v) is 13.0. The maximum absolute atomic E-state index is 13.1. The number of hydrogen-bond donors (Lipinski definition) is 1. The fourth-order valence-electron chi connectivity index (χ4n) is 1.84. The van der Waals surface area contributed by atoms with Gasteiger partial charge in [-0.3, -0.25) is 4.79 Å². The Morgan fingerprint density at radius 3 is 2.27 bits per heavy atom. The number of rotatable bonds is 4. The van der Waals surface area contributed by atoms with E-state index in [-0.39, 0.29) is 4.90 Å². The van der Waals surface area contributed by atoms with Gasteiger partial charge in [-0.05, 0) is 56.3 Å². The number of carbonyl (C=O) groups is 1. The molecule has 0 heterocycles. The van der Waals surface area contributed by atoms with Crippen molar-refractivity contribution in [2.45, 2.75) is 24.0 Å². The molecule has 0 radical (unpaired) electrons. The molecule has 4 nitrogen and oxygen atoms in total. The molecule has 0 spiro atoms. The molecule has 0 aliphatic carbocycles. The predicted molar refractivity (Wildman–Crippen MR) is 83.1 cm³/mol. The summed E-state index contributed by atoms with van der Waals surface area (Å²) in [7, 11) is -3.37. The third-order valence-corrected chi connectivity index (χ3v) is 5.32. The molecule has 2 aromatic rings. The van der Waals surface area contributed by atoms with Gasteiger partial charge in [0.25, 0.3) is 5.91 Å². The van der Waals surface area contributed by atoms with Gasteiger partial charge >= 0.3 is 0 Å². The summed E-state index contributed by atoms with van der Waals surface area (Å²) in [6.45, 7) is 3.19. The fourth-order valence-corrected chi connectivity index (χ4v) is 2.90. The highest BCUT2D eigenvalue weighted by molar-refractivity contribution is 7.92. The van der Waals surface area contributed by atoms with Crippen LogP contribution in [0.3, 0.4) is 0 Å². The number of halogens is 1. The topological polar surface area (TPSA) is 63.2 Å². The quantitative estimate of drug-likeness (QED) is 0.940.